The quantitative estimate of drug-likeness (QED) is 0.169. The second kappa shape index (κ2) is 11.4. The maximum absolute atomic E-state index is 12.9. The molecule has 10 heteroatoms. The SMILES string of the molecule is CCOc1cc(/C=C2\SC(=O)N(Cc3ccc(Cl)cc3)C2=O)cc(Cl)c1OC(=O)c1ccccc1Cl. The number of halogens is 3. The lowest BCUT2D eigenvalue weighted by atomic mass is 10.1. The highest BCUT2D eigenvalue weighted by molar-refractivity contribution is 8.18. The van der Waals surface area contributed by atoms with E-state index in [0.29, 0.717) is 10.6 Å². The first-order valence-electron chi connectivity index (χ1n) is 10.7. The van der Waals surface area contributed by atoms with Gasteiger partial charge in [-0.3, -0.25) is 14.5 Å². The molecule has 4 rings (SSSR count). The van der Waals surface area contributed by atoms with Crippen molar-refractivity contribution < 1.29 is 23.9 Å². The van der Waals surface area contributed by atoms with Gasteiger partial charge in [0.05, 0.1) is 33.7 Å². The molecule has 0 radical (unpaired) electrons. The first kappa shape index (κ1) is 26.1. The molecule has 1 aliphatic rings. The first-order chi connectivity index (χ1) is 17.3. The second-order valence-electron chi connectivity index (χ2n) is 7.53. The van der Waals surface area contributed by atoms with Crippen molar-refractivity contribution in [3.05, 3.63) is 97.3 Å². The molecule has 0 aromatic heterocycles. The fourth-order valence-corrected chi connectivity index (χ4v) is 4.80. The summed E-state index contributed by atoms with van der Waals surface area (Å²) in [6.45, 7) is 2.16. The predicted octanol–water partition coefficient (Wildman–Crippen LogP) is 7.50. The van der Waals surface area contributed by atoms with Crippen LogP contribution in [0.3, 0.4) is 0 Å². The number of thioether (sulfide) groups is 1. The van der Waals surface area contributed by atoms with Gasteiger partial charge in [0.15, 0.2) is 11.5 Å². The van der Waals surface area contributed by atoms with E-state index in [4.69, 9.17) is 44.3 Å². The highest BCUT2D eigenvalue weighted by atomic mass is 35.5. The summed E-state index contributed by atoms with van der Waals surface area (Å²) >= 11 is 19.3. The monoisotopic (exact) mass is 561 g/mol. The van der Waals surface area contributed by atoms with Crippen molar-refractivity contribution in [2.75, 3.05) is 6.61 Å². The molecule has 0 unspecified atom stereocenters. The highest BCUT2D eigenvalue weighted by Crippen LogP contribution is 2.40. The van der Waals surface area contributed by atoms with E-state index in [9.17, 15) is 14.4 Å². The predicted molar refractivity (Wildman–Crippen MR) is 142 cm³/mol. The van der Waals surface area contributed by atoms with Gasteiger partial charge in [-0.15, -0.1) is 0 Å². The minimum absolute atomic E-state index is 0.0245. The number of amides is 2. The lowest BCUT2D eigenvalue weighted by molar-refractivity contribution is -0.123. The van der Waals surface area contributed by atoms with Crippen molar-refractivity contribution in [2.45, 2.75) is 13.5 Å². The zero-order chi connectivity index (χ0) is 25.8. The van der Waals surface area contributed by atoms with Crippen molar-refractivity contribution in [2.24, 2.45) is 0 Å². The molecule has 184 valence electrons. The van der Waals surface area contributed by atoms with Crippen molar-refractivity contribution in [3.8, 4) is 11.5 Å². The first-order valence-corrected chi connectivity index (χ1v) is 12.6. The van der Waals surface area contributed by atoms with E-state index in [-0.39, 0.29) is 50.4 Å². The molecule has 3 aromatic carbocycles. The zero-order valence-corrected chi connectivity index (χ0v) is 21.9. The van der Waals surface area contributed by atoms with Crippen LogP contribution in [0.1, 0.15) is 28.4 Å². The molecule has 0 spiro atoms. The maximum Gasteiger partial charge on any atom is 0.345 e. The van der Waals surface area contributed by atoms with Crippen LogP contribution in [-0.4, -0.2) is 28.6 Å². The third kappa shape index (κ3) is 5.87. The van der Waals surface area contributed by atoms with E-state index in [2.05, 4.69) is 0 Å². The average molecular weight is 563 g/mol. The van der Waals surface area contributed by atoms with Crippen LogP contribution in [0.2, 0.25) is 15.1 Å². The number of nitrogens with zero attached hydrogens (tertiary/aromatic N) is 1. The van der Waals surface area contributed by atoms with Gasteiger partial charge < -0.3 is 9.47 Å². The number of rotatable bonds is 7. The number of benzene rings is 3. The number of ether oxygens (including phenoxy) is 2. The van der Waals surface area contributed by atoms with Crippen LogP contribution in [-0.2, 0) is 11.3 Å². The van der Waals surface area contributed by atoms with E-state index in [1.54, 1.807) is 61.5 Å². The highest BCUT2D eigenvalue weighted by Gasteiger charge is 2.35. The molecule has 1 saturated heterocycles. The molecule has 0 bridgehead atoms. The van der Waals surface area contributed by atoms with Gasteiger partial charge in [0.25, 0.3) is 11.1 Å². The Balaban J connectivity index is 1.59. The number of imide groups is 1. The van der Waals surface area contributed by atoms with Crippen LogP contribution < -0.4 is 9.47 Å². The topological polar surface area (TPSA) is 72.9 Å². The van der Waals surface area contributed by atoms with Crippen molar-refractivity contribution in [3.63, 3.8) is 0 Å². The summed E-state index contributed by atoms with van der Waals surface area (Å²) in [5, 5.41) is 0.508. The number of carbonyl (C=O) groups excluding carboxylic acids is 3. The molecular weight excluding hydrogens is 545 g/mol. The van der Waals surface area contributed by atoms with Crippen molar-refractivity contribution >= 4 is 69.8 Å². The molecule has 0 saturated carbocycles. The smallest absolute Gasteiger partial charge is 0.345 e. The Morgan fingerprint density at radius 1 is 1.00 bits per heavy atom. The van der Waals surface area contributed by atoms with Crippen LogP contribution in [0, 0.1) is 0 Å². The Hall–Kier alpha value is -2.97. The largest absolute Gasteiger partial charge is 0.490 e. The second-order valence-corrected chi connectivity index (χ2v) is 9.77. The Bertz CT molecular complexity index is 1370. The van der Waals surface area contributed by atoms with Gasteiger partial charge in [0.1, 0.15) is 0 Å². The van der Waals surface area contributed by atoms with Gasteiger partial charge in [-0.25, -0.2) is 4.79 Å². The molecule has 2 amide bonds. The third-order valence-electron chi connectivity index (χ3n) is 5.05. The number of hydrogen-bond acceptors (Lipinski definition) is 6. The maximum atomic E-state index is 12.9. The fourth-order valence-electron chi connectivity index (χ4n) is 3.37. The van der Waals surface area contributed by atoms with Crippen LogP contribution >= 0.6 is 46.6 Å². The summed E-state index contributed by atoms with van der Waals surface area (Å²) < 4.78 is 11.1. The van der Waals surface area contributed by atoms with Crippen molar-refractivity contribution in [1.29, 1.82) is 0 Å². The lowest BCUT2D eigenvalue weighted by Gasteiger charge is -2.14. The fraction of sp³-hybridized carbons (Fsp3) is 0.115. The molecule has 1 aliphatic heterocycles. The van der Waals surface area contributed by atoms with Gasteiger partial charge >= 0.3 is 5.97 Å². The van der Waals surface area contributed by atoms with Gasteiger partial charge in [0.2, 0.25) is 0 Å². The molecule has 0 atom stereocenters. The minimum Gasteiger partial charge on any atom is -0.490 e. The lowest BCUT2D eigenvalue weighted by Crippen LogP contribution is -2.27. The van der Waals surface area contributed by atoms with Crippen LogP contribution in [0.25, 0.3) is 6.08 Å². The van der Waals surface area contributed by atoms with Crippen LogP contribution in [0.15, 0.2) is 65.6 Å². The molecule has 0 N–H and O–H groups in total. The number of carbonyl (C=O) groups is 3. The molecule has 1 heterocycles. The summed E-state index contributed by atoms with van der Waals surface area (Å²) in [6, 6.07) is 16.5. The minimum atomic E-state index is -0.695. The number of esters is 1. The normalized spacial score (nSPS) is 14.4. The molecular formula is C26H18Cl3NO5S. The zero-order valence-electron chi connectivity index (χ0n) is 18.8. The van der Waals surface area contributed by atoms with Crippen LogP contribution in [0.5, 0.6) is 11.5 Å². The Morgan fingerprint density at radius 3 is 2.42 bits per heavy atom. The van der Waals surface area contributed by atoms with Gasteiger partial charge in [0, 0.05) is 5.02 Å². The van der Waals surface area contributed by atoms with E-state index < -0.39 is 11.9 Å². The Labute approximate surface area is 226 Å². The summed E-state index contributed by atoms with van der Waals surface area (Å²) in [6.07, 6.45) is 1.54. The Morgan fingerprint density at radius 2 is 1.72 bits per heavy atom. The van der Waals surface area contributed by atoms with Crippen molar-refractivity contribution in [1.82, 2.24) is 4.90 Å². The average Bonchev–Trinajstić information content (AvgIpc) is 3.10. The summed E-state index contributed by atoms with van der Waals surface area (Å²) in [7, 11) is 0. The van der Waals surface area contributed by atoms with E-state index in [1.165, 1.54) is 12.1 Å². The van der Waals surface area contributed by atoms with E-state index >= 15 is 0 Å². The third-order valence-corrected chi connectivity index (χ3v) is 6.82. The summed E-state index contributed by atoms with van der Waals surface area (Å²) in [5.41, 5.74) is 1.45. The molecule has 36 heavy (non-hydrogen) atoms. The summed E-state index contributed by atoms with van der Waals surface area (Å²) in [4.78, 5) is 39.5. The Kier molecular flexibility index (Phi) is 8.26. The van der Waals surface area contributed by atoms with E-state index in [1.807, 2.05) is 0 Å². The van der Waals surface area contributed by atoms with Gasteiger partial charge in [-0.1, -0.05) is 59.1 Å². The molecule has 6 nitrogen and oxygen atoms in total. The summed E-state index contributed by atoms with van der Waals surface area (Å²) in [5.74, 6) is -0.892. The van der Waals surface area contributed by atoms with Gasteiger partial charge in [-0.05, 0) is 72.3 Å². The van der Waals surface area contributed by atoms with Gasteiger partial charge in [-0.2, -0.15) is 0 Å². The molecule has 3 aromatic rings. The van der Waals surface area contributed by atoms with Crippen LogP contribution in [0.4, 0.5) is 4.79 Å². The van der Waals surface area contributed by atoms with E-state index in [0.717, 1.165) is 22.2 Å². The molecule has 1 fully saturated rings. The number of hydrogen-bond donors (Lipinski definition) is 0. The standard InChI is InChI=1S/C26H18Cl3NO5S/c1-2-34-21-12-16(11-20(29)23(21)35-25(32)18-5-3-4-6-19(18)28)13-22-24(31)30(26(33)36-22)14-15-7-9-17(27)10-8-15/h3-13H,2,14H2,1H3/b22-13-. The molecule has 0 aliphatic carbocycles.